The minimum absolute atomic E-state index is 0.0238. The van der Waals surface area contributed by atoms with Crippen molar-refractivity contribution in [2.45, 2.75) is 155 Å². The molecule has 2 unspecified atom stereocenters. The van der Waals surface area contributed by atoms with E-state index in [-0.39, 0.29) is 25.8 Å². The van der Waals surface area contributed by atoms with Crippen molar-refractivity contribution < 1.29 is 37.3 Å². The summed E-state index contributed by atoms with van der Waals surface area (Å²) < 4.78 is 34.3. The van der Waals surface area contributed by atoms with Crippen LogP contribution in [0.1, 0.15) is 149 Å². The molecular weight excluding hydrogens is 649 g/mol. The number of carbonyl (C=O) groups excluding carboxylic acids is 1. The average molecular weight is 726 g/mol. The van der Waals surface area contributed by atoms with Crippen LogP contribution in [0.4, 0.5) is 0 Å². The molecule has 0 radical (unpaired) electrons. The van der Waals surface area contributed by atoms with Crippen molar-refractivity contribution in [1.82, 2.24) is 0 Å². The van der Waals surface area contributed by atoms with Crippen LogP contribution in [0.15, 0.2) is 48.6 Å². The summed E-state index contributed by atoms with van der Waals surface area (Å²) in [6, 6.07) is 0. The minimum Gasteiger partial charge on any atom is -0.756 e. The standard InChI is InChI=1S/C41H76NO7P/c1-6-8-10-12-14-15-16-17-18-19-20-21-22-23-24-25-26-27-28-29-31-33-36-46-38-40(49-41(43)34-32-30-13-11-9-7-2)39-48-50(44,45)47-37-35-42(3,4)5/h8,10,14-15,17-18,20-21,40H,6-7,9,11-13,16,19,22-39H2,1-5H3/b10-8-,15-14-,18-17-,21-20-. The Kier molecular flexibility index (Phi) is 33.5. The molecule has 9 heteroatoms. The first-order valence-corrected chi connectivity index (χ1v) is 21.3. The summed E-state index contributed by atoms with van der Waals surface area (Å²) in [6.45, 7) is 5.21. The zero-order valence-corrected chi connectivity index (χ0v) is 33.7. The second kappa shape index (κ2) is 34.5. The monoisotopic (exact) mass is 726 g/mol. The number of carbonyl (C=O) groups is 1. The van der Waals surface area contributed by atoms with Crippen LogP contribution >= 0.6 is 7.82 Å². The van der Waals surface area contributed by atoms with Crippen LogP contribution in [0.3, 0.4) is 0 Å². The number of rotatable bonds is 36. The molecule has 0 amide bonds. The number of phosphoric ester groups is 1. The average Bonchev–Trinajstić information content (AvgIpc) is 3.06. The first-order valence-electron chi connectivity index (χ1n) is 19.9. The molecule has 0 aromatic heterocycles. The SMILES string of the molecule is CC/C=C\C/C=C\C/C=C\C/C=C\CCCCCCCCCCCOCC(COP(=O)([O-])OCC[N+](C)(C)C)OC(=O)CCCCCCCC. The highest BCUT2D eigenvalue weighted by atomic mass is 31.2. The van der Waals surface area contributed by atoms with Gasteiger partial charge < -0.3 is 27.9 Å². The van der Waals surface area contributed by atoms with Crippen LogP contribution < -0.4 is 4.89 Å². The van der Waals surface area contributed by atoms with E-state index < -0.39 is 13.9 Å². The zero-order valence-electron chi connectivity index (χ0n) is 32.8. The predicted octanol–water partition coefficient (Wildman–Crippen LogP) is 10.6. The van der Waals surface area contributed by atoms with E-state index in [4.69, 9.17) is 18.5 Å². The van der Waals surface area contributed by atoms with Crippen molar-refractivity contribution in [3.63, 3.8) is 0 Å². The van der Waals surface area contributed by atoms with E-state index >= 15 is 0 Å². The number of hydrogen-bond acceptors (Lipinski definition) is 7. The normalized spacial score (nSPS) is 14.4. The molecule has 0 rings (SSSR count). The Balaban J connectivity index is 4.07. The van der Waals surface area contributed by atoms with Crippen molar-refractivity contribution in [3.05, 3.63) is 48.6 Å². The first-order chi connectivity index (χ1) is 24.1. The summed E-state index contributed by atoms with van der Waals surface area (Å²) in [5.41, 5.74) is 0. The van der Waals surface area contributed by atoms with Gasteiger partial charge in [-0.2, -0.15) is 0 Å². The molecule has 0 saturated heterocycles. The number of likely N-dealkylation sites (N-methyl/N-ethyl adjacent to an activating group) is 1. The lowest BCUT2D eigenvalue weighted by atomic mass is 10.1. The Morgan fingerprint density at radius 1 is 0.640 bits per heavy atom. The molecule has 0 N–H and O–H groups in total. The number of nitrogens with zero attached hydrogens (tertiary/aromatic N) is 1. The summed E-state index contributed by atoms with van der Waals surface area (Å²) >= 11 is 0. The summed E-state index contributed by atoms with van der Waals surface area (Å²) in [6.07, 6.45) is 40.1. The Morgan fingerprint density at radius 3 is 1.74 bits per heavy atom. The van der Waals surface area contributed by atoms with Gasteiger partial charge in [0.15, 0.2) is 0 Å². The third-order valence-corrected chi connectivity index (χ3v) is 9.11. The molecule has 0 bridgehead atoms. The van der Waals surface area contributed by atoms with Crippen LogP contribution in [-0.2, 0) is 27.9 Å². The zero-order chi connectivity index (χ0) is 37.0. The van der Waals surface area contributed by atoms with Crippen LogP contribution in [-0.4, -0.2) is 70.7 Å². The molecule has 0 aromatic rings. The highest BCUT2D eigenvalue weighted by Crippen LogP contribution is 2.38. The Morgan fingerprint density at radius 2 is 1.16 bits per heavy atom. The molecule has 50 heavy (non-hydrogen) atoms. The summed E-state index contributed by atoms with van der Waals surface area (Å²) in [7, 11) is 1.34. The first kappa shape index (κ1) is 48.5. The fraction of sp³-hybridized carbons (Fsp3) is 0.780. The van der Waals surface area contributed by atoms with Gasteiger partial charge in [0, 0.05) is 13.0 Å². The van der Waals surface area contributed by atoms with Crippen molar-refractivity contribution >= 4 is 13.8 Å². The lowest BCUT2D eigenvalue weighted by molar-refractivity contribution is -0.870. The smallest absolute Gasteiger partial charge is 0.306 e. The third kappa shape index (κ3) is 37.7. The van der Waals surface area contributed by atoms with Gasteiger partial charge in [-0.1, -0.05) is 140 Å². The number of ether oxygens (including phenoxy) is 2. The molecule has 0 spiro atoms. The van der Waals surface area contributed by atoms with E-state index in [0.717, 1.165) is 57.8 Å². The lowest BCUT2D eigenvalue weighted by Gasteiger charge is -2.28. The van der Waals surface area contributed by atoms with Gasteiger partial charge in [-0.3, -0.25) is 9.36 Å². The molecule has 292 valence electrons. The van der Waals surface area contributed by atoms with Gasteiger partial charge in [-0.15, -0.1) is 0 Å². The van der Waals surface area contributed by atoms with Gasteiger partial charge in [0.1, 0.15) is 19.3 Å². The molecule has 0 heterocycles. The van der Waals surface area contributed by atoms with Gasteiger partial charge in [0.05, 0.1) is 34.4 Å². The molecule has 0 aromatic carbocycles. The maximum absolute atomic E-state index is 12.5. The highest BCUT2D eigenvalue weighted by Gasteiger charge is 2.20. The quantitative estimate of drug-likeness (QED) is 0.0209. The van der Waals surface area contributed by atoms with E-state index in [1.165, 1.54) is 70.6 Å². The minimum atomic E-state index is -4.51. The number of unbranched alkanes of at least 4 members (excludes halogenated alkanes) is 14. The van der Waals surface area contributed by atoms with Gasteiger partial charge in [-0.25, -0.2) is 0 Å². The molecule has 0 saturated carbocycles. The molecule has 0 fully saturated rings. The highest BCUT2D eigenvalue weighted by molar-refractivity contribution is 7.45. The van der Waals surface area contributed by atoms with Crippen molar-refractivity contribution in [2.75, 3.05) is 54.1 Å². The number of allylic oxidation sites excluding steroid dienone is 8. The molecule has 2 atom stereocenters. The fourth-order valence-corrected chi connectivity index (χ4v) is 5.79. The summed E-state index contributed by atoms with van der Waals surface area (Å²) in [5, 5.41) is 0. The molecular formula is C41H76NO7P. The predicted molar refractivity (Wildman–Crippen MR) is 208 cm³/mol. The maximum atomic E-state index is 12.5. The van der Waals surface area contributed by atoms with Crippen molar-refractivity contribution in [3.8, 4) is 0 Å². The number of esters is 1. The van der Waals surface area contributed by atoms with Crippen LogP contribution in [0.25, 0.3) is 0 Å². The van der Waals surface area contributed by atoms with Gasteiger partial charge in [-0.05, 0) is 51.4 Å². The largest absolute Gasteiger partial charge is 0.756 e. The second-order valence-electron chi connectivity index (χ2n) is 14.3. The number of quaternary nitrogens is 1. The van der Waals surface area contributed by atoms with E-state index in [2.05, 4.69) is 62.5 Å². The second-order valence-corrected chi connectivity index (χ2v) is 15.7. The van der Waals surface area contributed by atoms with Gasteiger partial charge in [0.25, 0.3) is 7.82 Å². The van der Waals surface area contributed by atoms with E-state index in [1.807, 2.05) is 21.1 Å². The van der Waals surface area contributed by atoms with Crippen LogP contribution in [0, 0.1) is 0 Å². The van der Waals surface area contributed by atoms with E-state index in [0.29, 0.717) is 24.1 Å². The Bertz CT molecular complexity index is 942. The van der Waals surface area contributed by atoms with Crippen LogP contribution in [0.5, 0.6) is 0 Å². The van der Waals surface area contributed by atoms with Crippen molar-refractivity contribution in [1.29, 1.82) is 0 Å². The number of hydrogen-bond donors (Lipinski definition) is 0. The number of phosphoric acid groups is 1. The summed E-state index contributed by atoms with van der Waals surface area (Å²) in [4.78, 5) is 24.7. The molecule has 0 aliphatic rings. The summed E-state index contributed by atoms with van der Waals surface area (Å²) in [5.74, 6) is -0.348. The maximum Gasteiger partial charge on any atom is 0.306 e. The van der Waals surface area contributed by atoms with Gasteiger partial charge in [0.2, 0.25) is 0 Å². The Labute approximate surface area is 308 Å². The molecule has 8 nitrogen and oxygen atoms in total. The van der Waals surface area contributed by atoms with E-state index in [1.54, 1.807) is 0 Å². The Hall–Kier alpha value is -1.54. The third-order valence-electron chi connectivity index (χ3n) is 8.14. The van der Waals surface area contributed by atoms with E-state index in [9.17, 15) is 14.3 Å². The lowest BCUT2D eigenvalue weighted by Crippen LogP contribution is -2.37. The fourth-order valence-electron chi connectivity index (χ4n) is 5.06. The van der Waals surface area contributed by atoms with Gasteiger partial charge >= 0.3 is 5.97 Å². The molecule has 0 aliphatic carbocycles. The molecule has 0 aliphatic heterocycles. The van der Waals surface area contributed by atoms with Crippen LogP contribution in [0.2, 0.25) is 0 Å². The topological polar surface area (TPSA) is 94.1 Å². The van der Waals surface area contributed by atoms with Crippen molar-refractivity contribution in [2.24, 2.45) is 0 Å².